The first-order valence-corrected chi connectivity index (χ1v) is 7.58. The van der Waals surface area contributed by atoms with Crippen molar-refractivity contribution in [2.75, 3.05) is 6.61 Å². The van der Waals surface area contributed by atoms with Gasteiger partial charge in [0.05, 0.1) is 12.2 Å². The lowest BCUT2D eigenvalue weighted by Crippen LogP contribution is -2.44. The van der Waals surface area contributed by atoms with Crippen molar-refractivity contribution in [1.29, 1.82) is 0 Å². The summed E-state index contributed by atoms with van der Waals surface area (Å²) in [5, 5.41) is 11.8. The predicted octanol–water partition coefficient (Wildman–Crippen LogP) is 2.36. The van der Waals surface area contributed by atoms with Crippen molar-refractivity contribution in [1.82, 2.24) is 10.3 Å². The highest BCUT2D eigenvalue weighted by atomic mass is 35.5. The van der Waals surface area contributed by atoms with Crippen LogP contribution in [0, 0.1) is 11.8 Å². The van der Waals surface area contributed by atoms with Gasteiger partial charge in [0.1, 0.15) is 11.1 Å². The van der Waals surface area contributed by atoms with Crippen LogP contribution in [0.1, 0.15) is 37.0 Å². The van der Waals surface area contributed by atoms with Gasteiger partial charge in [0.2, 0.25) is 5.88 Å². The van der Waals surface area contributed by atoms with Crippen molar-refractivity contribution in [3.63, 3.8) is 0 Å². The second-order valence-electron chi connectivity index (χ2n) is 5.80. The Labute approximate surface area is 133 Å². The maximum absolute atomic E-state index is 12.1. The maximum atomic E-state index is 12.1. The van der Waals surface area contributed by atoms with Crippen molar-refractivity contribution < 1.29 is 19.4 Å². The number of carbonyl (C=O) groups is 2. The third-order valence-electron chi connectivity index (χ3n) is 3.44. The molecule has 1 aliphatic rings. The molecule has 2 rings (SSSR count). The van der Waals surface area contributed by atoms with Crippen LogP contribution in [0.2, 0.25) is 5.02 Å². The van der Waals surface area contributed by atoms with E-state index < -0.39 is 17.9 Å². The van der Waals surface area contributed by atoms with E-state index in [2.05, 4.69) is 10.3 Å². The molecule has 1 aliphatic carbocycles. The molecular formula is C15H19ClN2O4. The highest BCUT2D eigenvalue weighted by Crippen LogP contribution is 2.31. The number of pyridine rings is 1. The first-order valence-electron chi connectivity index (χ1n) is 7.20. The van der Waals surface area contributed by atoms with Gasteiger partial charge in [0.25, 0.3) is 5.91 Å². The summed E-state index contributed by atoms with van der Waals surface area (Å²) in [6.45, 7) is 4.02. The van der Waals surface area contributed by atoms with Gasteiger partial charge in [-0.05, 0) is 30.7 Å². The number of nitrogens with zero attached hydrogens (tertiary/aromatic N) is 1. The van der Waals surface area contributed by atoms with Gasteiger partial charge in [-0.2, -0.15) is 0 Å². The van der Waals surface area contributed by atoms with Crippen molar-refractivity contribution in [3.8, 4) is 5.88 Å². The van der Waals surface area contributed by atoms with Crippen LogP contribution < -0.4 is 10.1 Å². The molecule has 0 saturated heterocycles. The minimum absolute atomic E-state index is 0.204. The van der Waals surface area contributed by atoms with Gasteiger partial charge >= 0.3 is 5.97 Å². The summed E-state index contributed by atoms with van der Waals surface area (Å²) >= 11 is 6.06. The third kappa shape index (κ3) is 4.34. The van der Waals surface area contributed by atoms with Gasteiger partial charge in [-0.1, -0.05) is 25.4 Å². The second-order valence-corrected chi connectivity index (χ2v) is 6.21. The highest BCUT2D eigenvalue weighted by molar-refractivity contribution is 6.32. The van der Waals surface area contributed by atoms with E-state index >= 15 is 0 Å². The Hall–Kier alpha value is -1.82. The second kappa shape index (κ2) is 6.96. The summed E-state index contributed by atoms with van der Waals surface area (Å²) in [4.78, 5) is 27.2. The Morgan fingerprint density at radius 2 is 2.18 bits per heavy atom. The van der Waals surface area contributed by atoms with E-state index in [0.29, 0.717) is 18.4 Å². The molecule has 1 aromatic rings. The lowest BCUT2D eigenvalue weighted by Gasteiger charge is -2.18. The Kier molecular flexibility index (Phi) is 5.24. The summed E-state index contributed by atoms with van der Waals surface area (Å²) in [6, 6.07) is 0.475. The molecule has 0 spiro atoms. The van der Waals surface area contributed by atoms with Gasteiger partial charge in [-0.15, -0.1) is 0 Å². The highest BCUT2D eigenvalue weighted by Gasteiger charge is 2.25. The first-order chi connectivity index (χ1) is 10.4. The number of carbonyl (C=O) groups excluding carboxylic acids is 1. The Morgan fingerprint density at radius 3 is 2.68 bits per heavy atom. The van der Waals surface area contributed by atoms with Crippen LogP contribution in [0.3, 0.4) is 0 Å². The summed E-state index contributed by atoms with van der Waals surface area (Å²) in [5.41, 5.74) is 0.204. The van der Waals surface area contributed by atoms with E-state index in [1.54, 1.807) is 13.8 Å². The molecule has 0 bridgehead atoms. The summed E-state index contributed by atoms with van der Waals surface area (Å²) in [7, 11) is 0. The quantitative estimate of drug-likeness (QED) is 0.803. The molecule has 120 valence electrons. The molecule has 0 aromatic carbocycles. The van der Waals surface area contributed by atoms with E-state index in [9.17, 15) is 9.59 Å². The Bertz CT molecular complexity index is 573. The van der Waals surface area contributed by atoms with E-state index in [1.165, 1.54) is 12.3 Å². The monoisotopic (exact) mass is 326 g/mol. The molecule has 22 heavy (non-hydrogen) atoms. The standard InChI is InChI=1S/C15H19ClN2O4/c1-8(2)12(15(20)21)18-13(19)10-5-11(16)14(17-6-10)22-7-9-3-4-9/h5-6,8-9,12H,3-4,7H2,1-2H3,(H,18,19)(H,20,21). The molecule has 1 fully saturated rings. The van der Waals surface area contributed by atoms with Gasteiger partial charge < -0.3 is 15.2 Å². The number of aromatic nitrogens is 1. The number of rotatable bonds is 7. The average molecular weight is 327 g/mol. The van der Waals surface area contributed by atoms with Crippen LogP contribution in [-0.4, -0.2) is 34.6 Å². The summed E-state index contributed by atoms with van der Waals surface area (Å²) in [5.74, 6) is -0.964. The van der Waals surface area contributed by atoms with Crippen molar-refractivity contribution in [3.05, 3.63) is 22.8 Å². The zero-order valence-corrected chi connectivity index (χ0v) is 13.3. The van der Waals surface area contributed by atoms with Crippen molar-refractivity contribution in [2.24, 2.45) is 11.8 Å². The lowest BCUT2D eigenvalue weighted by atomic mass is 10.0. The molecule has 0 aliphatic heterocycles. The van der Waals surface area contributed by atoms with Crippen LogP contribution in [0.5, 0.6) is 5.88 Å². The number of hydrogen-bond donors (Lipinski definition) is 2. The molecule has 1 atom stereocenters. The smallest absolute Gasteiger partial charge is 0.326 e. The molecule has 1 amide bonds. The molecule has 1 aromatic heterocycles. The van der Waals surface area contributed by atoms with Crippen LogP contribution >= 0.6 is 11.6 Å². The molecule has 1 unspecified atom stereocenters. The minimum Gasteiger partial charge on any atom is -0.480 e. The number of nitrogens with one attached hydrogen (secondary N) is 1. The first kappa shape index (κ1) is 16.5. The maximum Gasteiger partial charge on any atom is 0.326 e. The van der Waals surface area contributed by atoms with Gasteiger partial charge in [-0.25, -0.2) is 9.78 Å². The third-order valence-corrected chi connectivity index (χ3v) is 3.71. The molecule has 2 N–H and O–H groups in total. The van der Waals surface area contributed by atoms with Crippen molar-refractivity contribution in [2.45, 2.75) is 32.7 Å². The van der Waals surface area contributed by atoms with E-state index in [-0.39, 0.29) is 16.5 Å². The van der Waals surface area contributed by atoms with Crippen LogP contribution in [0.4, 0.5) is 0 Å². The average Bonchev–Trinajstić information content (AvgIpc) is 3.26. The number of carboxylic acid groups (broad SMARTS) is 1. The Morgan fingerprint density at radius 1 is 1.50 bits per heavy atom. The molecule has 7 heteroatoms. The molecule has 0 radical (unpaired) electrons. The number of ether oxygens (including phenoxy) is 1. The van der Waals surface area contributed by atoms with Crippen molar-refractivity contribution >= 4 is 23.5 Å². The largest absolute Gasteiger partial charge is 0.480 e. The predicted molar refractivity (Wildman–Crippen MR) is 81.2 cm³/mol. The molecule has 1 saturated carbocycles. The van der Waals surface area contributed by atoms with Crippen LogP contribution in [0.15, 0.2) is 12.3 Å². The fourth-order valence-corrected chi connectivity index (χ4v) is 2.10. The number of hydrogen-bond acceptors (Lipinski definition) is 4. The molecule has 1 heterocycles. The Balaban J connectivity index is 2.02. The number of halogens is 1. The van der Waals surface area contributed by atoms with Gasteiger partial charge in [0, 0.05) is 6.20 Å². The van der Waals surface area contributed by atoms with Crippen LogP contribution in [0.25, 0.3) is 0 Å². The summed E-state index contributed by atoms with van der Waals surface area (Å²) in [6.07, 6.45) is 3.65. The van der Waals surface area contributed by atoms with Gasteiger partial charge in [-0.3, -0.25) is 4.79 Å². The summed E-state index contributed by atoms with van der Waals surface area (Å²) < 4.78 is 5.48. The minimum atomic E-state index is -1.08. The zero-order chi connectivity index (χ0) is 16.3. The van der Waals surface area contributed by atoms with E-state index in [1.807, 2.05) is 0 Å². The lowest BCUT2D eigenvalue weighted by molar-refractivity contribution is -0.140. The fraction of sp³-hybridized carbons (Fsp3) is 0.533. The number of carboxylic acids is 1. The fourth-order valence-electron chi connectivity index (χ4n) is 1.88. The topological polar surface area (TPSA) is 88.5 Å². The zero-order valence-electron chi connectivity index (χ0n) is 12.5. The normalized spacial score (nSPS) is 15.5. The number of aliphatic carboxylic acids is 1. The van der Waals surface area contributed by atoms with Gasteiger partial charge in [0.15, 0.2) is 0 Å². The molecule has 6 nitrogen and oxygen atoms in total. The van der Waals surface area contributed by atoms with E-state index in [4.69, 9.17) is 21.4 Å². The SMILES string of the molecule is CC(C)C(NC(=O)c1cnc(OCC2CC2)c(Cl)c1)C(=O)O. The van der Waals surface area contributed by atoms with Crippen LogP contribution in [-0.2, 0) is 4.79 Å². The van der Waals surface area contributed by atoms with E-state index in [0.717, 1.165) is 12.8 Å². The number of amides is 1. The molecular weight excluding hydrogens is 308 g/mol.